The van der Waals surface area contributed by atoms with E-state index in [2.05, 4.69) is 54.2 Å². The maximum atomic E-state index is 15.1. The van der Waals surface area contributed by atoms with Crippen LogP contribution in [-0.2, 0) is 21.7 Å². The Morgan fingerprint density at radius 1 is 1.26 bits per heavy atom. The molecule has 0 bridgehead atoms. The molecular formula is C30H34ClFN6O3SSi. The van der Waals surface area contributed by atoms with Crippen molar-refractivity contribution in [1.29, 1.82) is 0 Å². The second-order valence-electron chi connectivity index (χ2n) is 12.6. The molecule has 1 saturated heterocycles. The number of hydrogen-bond donors (Lipinski definition) is 1. The van der Waals surface area contributed by atoms with Crippen LogP contribution < -0.4 is 5.32 Å². The molecule has 2 aliphatic rings. The Bertz CT molecular complexity index is 1700. The monoisotopic (exact) mass is 640 g/mol. The van der Waals surface area contributed by atoms with Gasteiger partial charge in [-0.2, -0.15) is 5.10 Å². The molecule has 43 heavy (non-hydrogen) atoms. The Morgan fingerprint density at radius 2 is 2.02 bits per heavy atom. The van der Waals surface area contributed by atoms with Crippen molar-refractivity contribution in [3.05, 3.63) is 75.6 Å². The van der Waals surface area contributed by atoms with E-state index in [9.17, 15) is 4.79 Å². The fraction of sp³-hybridized carbons (Fsp3) is 0.400. The molecular weight excluding hydrogens is 607 g/mol. The van der Waals surface area contributed by atoms with Crippen LogP contribution in [0.15, 0.2) is 48.8 Å². The molecule has 9 nitrogen and oxygen atoms in total. The molecule has 2 aliphatic heterocycles. The molecule has 5 heterocycles. The van der Waals surface area contributed by atoms with Crippen molar-refractivity contribution < 1.29 is 18.3 Å². The number of carbonyl (C=O) groups excluding carboxylic acids is 1. The number of anilines is 2. The van der Waals surface area contributed by atoms with E-state index in [1.54, 1.807) is 30.1 Å². The molecule has 1 atom stereocenters. The van der Waals surface area contributed by atoms with Crippen LogP contribution in [0.5, 0.6) is 0 Å². The third-order valence-electron chi connectivity index (χ3n) is 8.74. The first kappa shape index (κ1) is 29.9. The van der Waals surface area contributed by atoms with E-state index in [4.69, 9.17) is 20.8 Å². The summed E-state index contributed by atoms with van der Waals surface area (Å²) in [4.78, 5) is 26.2. The molecule has 13 heteroatoms. The van der Waals surface area contributed by atoms with Crippen molar-refractivity contribution >= 4 is 48.9 Å². The first-order chi connectivity index (χ1) is 20.3. The number of carbonyl (C=O) groups is 1. The van der Waals surface area contributed by atoms with Crippen molar-refractivity contribution in [2.24, 2.45) is 7.05 Å². The number of thiophene rings is 1. The normalized spacial score (nSPS) is 16.8. The van der Waals surface area contributed by atoms with Gasteiger partial charge in [0, 0.05) is 23.0 Å². The highest BCUT2D eigenvalue weighted by Crippen LogP contribution is 2.53. The lowest BCUT2D eigenvalue weighted by atomic mass is 9.92. The zero-order valence-electron chi connectivity index (χ0n) is 24.9. The summed E-state index contributed by atoms with van der Waals surface area (Å²) in [5.41, 5.74) is 0.857. The molecule has 0 aliphatic carbocycles. The van der Waals surface area contributed by atoms with Crippen LogP contribution >= 0.6 is 22.9 Å². The minimum Gasteiger partial charge on any atom is -0.414 e. The molecule has 0 radical (unpaired) electrons. The van der Waals surface area contributed by atoms with E-state index >= 15 is 4.39 Å². The fourth-order valence-electron chi connectivity index (χ4n) is 5.20. The number of amides is 1. The van der Waals surface area contributed by atoms with Gasteiger partial charge in [-0.15, -0.1) is 11.3 Å². The number of hydrogen-bond acceptors (Lipinski definition) is 8. The number of aromatic nitrogens is 4. The van der Waals surface area contributed by atoms with Crippen LogP contribution in [0.2, 0.25) is 23.2 Å². The maximum Gasteiger partial charge on any atom is 0.256 e. The van der Waals surface area contributed by atoms with E-state index in [1.165, 1.54) is 11.3 Å². The average molecular weight is 641 g/mol. The summed E-state index contributed by atoms with van der Waals surface area (Å²) >= 11 is 7.80. The number of nitrogens with zero attached hydrogens (tertiary/aromatic N) is 5. The van der Waals surface area contributed by atoms with Gasteiger partial charge < -0.3 is 19.4 Å². The summed E-state index contributed by atoms with van der Waals surface area (Å²) in [7, 11) is -0.368. The number of aryl methyl sites for hydroxylation is 1. The topological polar surface area (TPSA) is 94.4 Å². The highest BCUT2D eigenvalue weighted by atomic mass is 35.5. The second kappa shape index (κ2) is 10.8. The molecule has 1 amide bonds. The first-order valence-corrected chi connectivity index (χ1v) is 18.1. The lowest BCUT2D eigenvalue weighted by Crippen LogP contribution is -2.59. The number of benzene rings is 1. The van der Waals surface area contributed by atoms with Crippen LogP contribution in [0.4, 0.5) is 16.2 Å². The van der Waals surface area contributed by atoms with Crippen molar-refractivity contribution in [2.75, 3.05) is 25.1 Å². The third-order valence-corrected chi connectivity index (χ3v) is 14.8. The predicted octanol–water partition coefficient (Wildman–Crippen LogP) is 6.92. The van der Waals surface area contributed by atoms with E-state index in [-0.39, 0.29) is 22.6 Å². The van der Waals surface area contributed by atoms with Crippen molar-refractivity contribution in [3.8, 4) is 10.6 Å². The molecule has 226 valence electrons. The van der Waals surface area contributed by atoms with Gasteiger partial charge in [0.25, 0.3) is 5.91 Å². The summed E-state index contributed by atoms with van der Waals surface area (Å²) in [6.07, 6.45) is 2.78. The Kier molecular flexibility index (Phi) is 7.49. The van der Waals surface area contributed by atoms with Gasteiger partial charge in [-0.25, -0.2) is 14.4 Å². The van der Waals surface area contributed by atoms with E-state index < -0.39 is 25.7 Å². The number of halogens is 2. The molecule has 4 aromatic rings. The largest absolute Gasteiger partial charge is 0.414 e. The van der Waals surface area contributed by atoms with Crippen LogP contribution in [0.3, 0.4) is 0 Å². The standard InChI is InChI=1S/C30H34ClFN6O3SSi/c1-29(2,3)43(5,6)41-15-22(18-8-7-9-19(31)12-18)38-27(39)20-13-23(42-26(20)30(38)16-40-17-30)25-21(32)14-33-28(36-25)35-24-10-11-34-37(24)4/h7-14,22H,15-17H2,1-6H3,(H,33,35,36)/t22-/m1/s1. The summed E-state index contributed by atoms with van der Waals surface area (Å²) < 4.78 is 29.2. The number of nitrogens with one attached hydrogen (secondary N) is 1. The quantitative estimate of drug-likeness (QED) is 0.209. The minimum absolute atomic E-state index is 0.00225. The van der Waals surface area contributed by atoms with Gasteiger partial charge in [0.2, 0.25) is 5.95 Å². The number of ether oxygens (including phenoxy) is 1. The zero-order chi connectivity index (χ0) is 30.7. The predicted molar refractivity (Wildman–Crippen MR) is 168 cm³/mol. The molecule has 1 fully saturated rings. The summed E-state index contributed by atoms with van der Waals surface area (Å²) in [6, 6.07) is 10.7. The molecule has 3 aromatic heterocycles. The Balaban J connectivity index is 1.37. The third kappa shape index (κ3) is 5.18. The van der Waals surface area contributed by atoms with Crippen molar-refractivity contribution in [1.82, 2.24) is 24.6 Å². The van der Waals surface area contributed by atoms with Gasteiger partial charge in [-0.1, -0.05) is 44.5 Å². The highest BCUT2D eigenvalue weighted by Gasteiger charge is 2.59. The summed E-state index contributed by atoms with van der Waals surface area (Å²) in [5.74, 6) is 0.173. The molecule has 1 aromatic carbocycles. The second-order valence-corrected chi connectivity index (χ2v) is 18.8. The molecule has 6 rings (SSSR count). The van der Waals surface area contributed by atoms with Crippen LogP contribution in [0.25, 0.3) is 10.6 Å². The van der Waals surface area contributed by atoms with Gasteiger partial charge >= 0.3 is 0 Å². The SMILES string of the molecule is Cn1nccc1Nc1ncc(F)c(-c2cc3c(s2)C2(COC2)N([C@H](CO[Si](C)(C)C(C)(C)C)c2cccc(Cl)c2)C3=O)n1. The average Bonchev–Trinajstić information content (AvgIpc) is 3.59. The van der Waals surface area contributed by atoms with Gasteiger partial charge in [-0.05, 0) is 41.9 Å². The lowest BCUT2D eigenvalue weighted by Gasteiger charge is -2.49. The Hall–Kier alpha value is -3.16. The molecule has 0 saturated carbocycles. The van der Waals surface area contributed by atoms with E-state index in [0.29, 0.717) is 41.1 Å². The smallest absolute Gasteiger partial charge is 0.256 e. The first-order valence-electron chi connectivity index (χ1n) is 14.0. The van der Waals surface area contributed by atoms with Gasteiger partial charge in [0.15, 0.2) is 14.1 Å². The van der Waals surface area contributed by atoms with E-state index in [1.807, 2.05) is 29.2 Å². The van der Waals surface area contributed by atoms with Crippen LogP contribution in [0, 0.1) is 5.82 Å². The molecule has 0 unspecified atom stereocenters. The summed E-state index contributed by atoms with van der Waals surface area (Å²) in [6.45, 7) is 12.0. The van der Waals surface area contributed by atoms with Gasteiger partial charge in [0.05, 0.1) is 48.7 Å². The molecule has 1 spiro atoms. The fourth-order valence-corrected chi connectivity index (χ4v) is 7.71. The lowest BCUT2D eigenvalue weighted by molar-refractivity contribution is -0.138. The number of fused-ring (bicyclic) bond motifs is 2. The van der Waals surface area contributed by atoms with Gasteiger partial charge in [0.1, 0.15) is 17.1 Å². The minimum atomic E-state index is -2.15. The Morgan fingerprint density at radius 3 is 2.65 bits per heavy atom. The van der Waals surface area contributed by atoms with Crippen LogP contribution in [0.1, 0.15) is 47.6 Å². The zero-order valence-corrected chi connectivity index (χ0v) is 27.5. The molecule has 1 N–H and O–H groups in total. The van der Waals surface area contributed by atoms with Gasteiger partial charge in [-0.3, -0.25) is 9.48 Å². The highest BCUT2D eigenvalue weighted by molar-refractivity contribution is 7.16. The summed E-state index contributed by atoms with van der Waals surface area (Å²) in [5, 5.41) is 7.78. The van der Waals surface area contributed by atoms with E-state index in [0.717, 1.165) is 16.6 Å². The Labute approximate surface area is 260 Å². The van der Waals surface area contributed by atoms with Crippen molar-refractivity contribution in [3.63, 3.8) is 0 Å². The van der Waals surface area contributed by atoms with Crippen LogP contribution in [-0.4, -0.2) is 58.7 Å². The maximum absolute atomic E-state index is 15.1. The van der Waals surface area contributed by atoms with Crippen molar-refractivity contribution in [2.45, 2.75) is 50.5 Å². The number of rotatable bonds is 8.